The lowest BCUT2D eigenvalue weighted by atomic mass is 9.88. The summed E-state index contributed by atoms with van der Waals surface area (Å²) in [4.78, 5) is 37.3. The molecule has 6 nitrogen and oxygen atoms in total. The van der Waals surface area contributed by atoms with E-state index in [0.717, 1.165) is 42.7 Å². The lowest BCUT2D eigenvalue weighted by Crippen LogP contribution is -2.51. The van der Waals surface area contributed by atoms with Gasteiger partial charge in [0.2, 0.25) is 5.91 Å². The fourth-order valence-electron chi connectivity index (χ4n) is 5.02. The zero-order valence-electron chi connectivity index (χ0n) is 20.0. The number of hydrogen-bond acceptors (Lipinski definition) is 4. The van der Waals surface area contributed by atoms with Gasteiger partial charge in [-0.3, -0.25) is 19.6 Å². The molecule has 2 aliphatic rings. The summed E-state index contributed by atoms with van der Waals surface area (Å²) in [5.41, 5.74) is 0.854. The number of anilines is 1. The zero-order chi connectivity index (χ0) is 26.0. The molecule has 0 saturated heterocycles. The highest BCUT2D eigenvalue weighted by Crippen LogP contribution is 2.40. The maximum absolute atomic E-state index is 13.7. The van der Waals surface area contributed by atoms with Gasteiger partial charge in [0, 0.05) is 23.0 Å². The Labute approximate surface area is 212 Å². The number of amides is 2. The third kappa shape index (κ3) is 5.12. The average Bonchev–Trinajstić information content (AvgIpc) is 3.15. The summed E-state index contributed by atoms with van der Waals surface area (Å²) < 4.78 is 39.2. The van der Waals surface area contributed by atoms with E-state index in [1.165, 1.54) is 17.0 Å². The van der Waals surface area contributed by atoms with Gasteiger partial charge < -0.3 is 10.2 Å². The lowest BCUT2D eigenvalue weighted by Gasteiger charge is -2.38. The number of alkyl halides is 3. The summed E-state index contributed by atoms with van der Waals surface area (Å²) in [5.74, 6) is -0.935. The predicted molar refractivity (Wildman–Crippen MR) is 134 cm³/mol. The topological polar surface area (TPSA) is 74.7 Å². The van der Waals surface area contributed by atoms with Gasteiger partial charge in [-0.15, -0.1) is 0 Å². The molecule has 1 aliphatic carbocycles. The van der Waals surface area contributed by atoms with E-state index in [1.807, 2.05) is 42.5 Å². The monoisotopic (exact) mass is 506 g/mol. The van der Waals surface area contributed by atoms with E-state index in [-0.39, 0.29) is 23.9 Å². The molecule has 2 amide bonds. The van der Waals surface area contributed by atoms with Gasteiger partial charge in [0.15, 0.2) is 0 Å². The Balaban J connectivity index is 1.40. The van der Waals surface area contributed by atoms with Gasteiger partial charge in [0.05, 0.1) is 11.3 Å². The molecule has 1 aromatic heterocycles. The number of nitrogens with zero attached hydrogens (tertiary/aromatic N) is 3. The number of nitrogens with one attached hydrogen (secondary N) is 1. The predicted octanol–water partition coefficient (Wildman–Crippen LogP) is 5.70. The number of carbonyl (C=O) groups is 2. The Kier molecular flexibility index (Phi) is 6.54. The number of aromatic nitrogens is 1. The summed E-state index contributed by atoms with van der Waals surface area (Å²) in [6, 6.07) is 17.5. The Bertz CT molecular complexity index is 1350. The van der Waals surface area contributed by atoms with E-state index in [0.29, 0.717) is 18.4 Å². The third-order valence-electron chi connectivity index (χ3n) is 6.80. The molecule has 0 unspecified atom stereocenters. The van der Waals surface area contributed by atoms with Crippen molar-refractivity contribution >= 4 is 23.2 Å². The van der Waals surface area contributed by atoms with Crippen molar-refractivity contribution in [3.8, 4) is 11.3 Å². The van der Waals surface area contributed by atoms with Crippen LogP contribution >= 0.6 is 0 Å². The number of hydrogen-bond donors (Lipinski definition) is 1. The molecule has 190 valence electrons. The molecule has 37 heavy (non-hydrogen) atoms. The van der Waals surface area contributed by atoms with Crippen molar-refractivity contribution < 1.29 is 22.8 Å². The van der Waals surface area contributed by atoms with Crippen LogP contribution in [0.2, 0.25) is 0 Å². The van der Waals surface area contributed by atoms with Crippen LogP contribution in [0.4, 0.5) is 18.9 Å². The number of halogens is 3. The highest BCUT2D eigenvalue weighted by atomic mass is 19.4. The molecule has 1 N–H and O–H groups in total. The first-order valence-corrected chi connectivity index (χ1v) is 12.2. The van der Waals surface area contributed by atoms with Crippen LogP contribution in [-0.2, 0) is 15.8 Å². The summed E-state index contributed by atoms with van der Waals surface area (Å²) in [6.45, 7) is -0.304. The van der Waals surface area contributed by atoms with E-state index in [1.54, 1.807) is 6.20 Å². The molecule has 3 aromatic rings. The Morgan fingerprint density at radius 3 is 2.43 bits per heavy atom. The molecule has 1 fully saturated rings. The van der Waals surface area contributed by atoms with Crippen molar-refractivity contribution in [3.05, 3.63) is 84.1 Å². The first kappa shape index (κ1) is 24.7. The second-order valence-electron chi connectivity index (χ2n) is 9.32. The molecule has 1 saturated carbocycles. The number of carbonyl (C=O) groups excluding carboxylic acids is 2. The molecule has 9 heteroatoms. The highest BCUT2D eigenvalue weighted by molar-refractivity contribution is 6.47. The van der Waals surface area contributed by atoms with Crippen molar-refractivity contribution in [2.24, 2.45) is 4.99 Å². The van der Waals surface area contributed by atoms with E-state index in [4.69, 9.17) is 4.99 Å². The molecule has 0 bridgehead atoms. The van der Waals surface area contributed by atoms with Crippen molar-refractivity contribution in [2.45, 2.75) is 43.9 Å². The second-order valence-corrected chi connectivity index (χ2v) is 9.32. The van der Waals surface area contributed by atoms with E-state index in [2.05, 4.69) is 10.3 Å². The summed E-state index contributed by atoms with van der Waals surface area (Å²) in [5, 5.41) is 2.52. The van der Waals surface area contributed by atoms with Crippen molar-refractivity contribution in [1.82, 2.24) is 9.88 Å². The Morgan fingerprint density at radius 1 is 0.946 bits per heavy atom. The second kappa shape index (κ2) is 9.80. The van der Waals surface area contributed by atoms with Crippen LogP contribution in [0.3, 0.4) is 0 Å². The van der Waals surface area contributed by atoms with Gasteiger partial charge in [-0.2, -0.15) is 13.2 Å². The number of pyridine rings is 1. The first-order valence-electron chi connectivity index (χ1n) is 12.2. The minimum Gasteiger partial charge on any atom is -0.325 e. The van der Waals surface area contributed by atoms with Gasteiger partial charge in [0.25, 0.3) is 5.91 Å². The minimum absolute atomic E-state index is 0.0216. The number of rotatable bonds is 5. The van der Waals surface area contributed by atoms with Crippen LogP contribution in [0.1, 0.15) is 43.2 Å². The van der Waals surface area contributed by atoms with Gasteiger partial charge >= 0.3 is 6.18 Å². The molecule has 1 aliphatic heterocycles. The zero-order valence-corrected chi connectivity index (χ0v) is 20.0. The molecule has 2 aromatic carbocycles. The van der Waals surface area contributed by atoms with Gasteiger partial charge in [-0.25, -0.2) is 0 Å². The van der Waals surface area contributed by atoms with Crippen LogP contribution < -0.4 is 5.32 Å². The number of aliphatic imine (C=N–C) groups is 1. The molecular formula is C28H25F3N4O2. The summed E-state index contributed by atoms with van der Waals surface area (Å²) in [6.07, 6.45) is 1.16. The maximum Gasteiger partial charge on any atom is 0.416 e. The summed E-state index contributed by atoms with van der Waals surface area (Å²) >= 11 is 0. The van der Waals surface area contributed by atoms with E-state index in [9.17, 15) is 22.8 Å². The van der Waals surface area contributed by atoms with Gasteiger partial charge in [-0.05, 0) is 62.1 Å². The Hall–Kier alpha value is -4.01. The molecule has 1 spiro atoms. The molecule has 5 rings (SSSR count). The van der Waals surface area contributed by atoms with Crippen LogP contribution in [-0.4, -0.2) is 39.6 Å². The first-order chi connectivity index (χ1) is 17.7. The standard InChI is InChI=1S/C28H25F3N4O2/c29-28(30,31)21-10-7-11-22(17-21)33-24(36)18-35-26(37)25(34-27(35)13-3-1-4-14-27)20-9-6-8-19(16-20)23-12-2-5-15-32-23/h2,5-12,15-17H,1,3-4,13-14,18H2,(H,33,36). The van der Waals surface area contributed by atoms with E-state index >= 15 is 0 Å². The normalized spacial score (nSPS) is 17.1. The van der Waals surface area contributed by atoms with Crippen molar-refractivity contribution in [2.75, 3.05) is 11.9 Å². The van der Waals surface area contributed by atoms with Crippen LogP contribution in [0.25, 0.3) is 11.3 Å². The van der Waals surface area contributed by atoms with Gasteiger partial charge in [-0.1, -0.05) is 36.8 Å². The largest absolute Gasteiger partial charge is 0.416 e. The quantitative estimate of drug-likeness (QED) is 0.483. The molecular weight excluding hydrogens is 481 g/mol. The van der Waals surface area contributed by atoms with Crippen LogP contribution in [0, 0.1) is 0 Å². The fraction of sp³-hybridized carbons (Fsp3) is 0.286. The van der Waals surface area contributed by atoms with Crippen molar-refractivity contribution in [3.63, 3.8) is 0 Å². The van der Waals surface area contributed by atoms with Crippen molar-refractivity contribution in [1.29, 1.82) is 0 Å². The van der Waals surface area contributed by atoms with Crippen LogP contribution in [0.5, 0.6) is 0 Å². The fourth-order valence-corrected chi connectivity index (χ4v) is 5.02. The van der Waals surface area contributed by atoms with Gasteiger partial charge in [0.1, 0.15) is 17.9 Å². The minimum atomic E-state index is -4.52. The van der Waals surface area contributed by atoms with E-state index < -0.39 is 23.3 Å². The molecule has 2 heterocycles. The SMILES string of the molecule is O=C(CN1C(=O)C(c2cccc(-c3ccccn3)c2)=NC12CCCCC2)Nc1cccc(C(F)(F)F)c1. The Morgan fingerprint density at radius 2 is 1.70 bits per heavy atom. The third-order valence-corrected chi connectivity index (χ3v) is 6.80. The maximum atomic E-state index is 13.7. The van der Waals surface area contributed by atoms with Crippen LogP contribution in [0.15, 0.2) is 77.9 Å². The number of benzene rings is 2. The molecule has 0 atom stereocenters. The smallest absolute Gasteiger partial charge is 0.325 e. The lowest BCUT2D eigenvalue weighted by molar-refractivity contribution is -0.137. The highest BCUT2D eigenvalue weighted by Gasteiger charge is 2.48. The average molecular weight is 507 g/mol. The summed E-state index contributed by atoms with van der Waals surface area (Å²) in [7, 11) is 0. The molecule has 0 radical (unpaired) electrons.